The van der Waals surface area contributed by atoms with Gasteiger partial charge in [-0.2, -0.15) is 0 Å². The lowest BCUT2D eigenvalue weighted by Gasteiger charge is -2.26. The molecule has 1 fully saturated rings. The molecule has 1 unspecified atom stereocenters. The zero-order valence-corrected chi connectivity index (χ0v) is 20.4. The van der Waals surface area contributed by atoms with Crippen molar-refractivity contribution in [1.29, 1.82) is 0 Å². The molecule has 0 saturated carbocycles. The summed E-state index contributed by atoms with van der Waals surface area (Å²) in [5, 5.41) is 4.27. The van der Waals surface area contributed by atoms with Crippen LogP contribution in [0.4, 0.5) is 4.39 Å². The fraction of sp³-hybridized carbons (Fsp3) is 0.300. The minimum atomic E-state index is -0.236. The van der Waals surface area contributed by atoms with Crippen molar-refractivity contribution in [3.8, 4) is 0 Å². The van der Waals surface area contributed by atoms with Crippen LogP contribution in [0.2, 0.25) is 0 Å². The number of hydrogen-bond donors (Lipinski definition) is 1. The summed E-state index contributed by atoms with van der Waals surface area (Å²) in [4.78, 5) is 15.4. The van der Waals surface area contributed by atoms with Crippen LogP contribution in [0.3, 0.4) is 0 Å². The van der Waals surface area contributed by atoms with Crippen LogP contribution in [0.1, 0.15) is 29.0 Å². The second-order valence-electron chi connectivity index (χ2n) is 9.33. The second-order valence-corrected chi connectivity index (χ2v) is 9.33. The predicted octanol–water partition coefficient (Wildman–Crippen LogP) is 4.80. The number of carbonyl (C=O) groups excluding carboxylic acids is 1. The lowest BCUT2D eigenvalue weighted by Crippen LogP contribution is -2.41. The topological polar surface area (TPSA) is 46.5 Å². The maximum atomic E-state index is 13.4. The van der Waals surface area contributed by atoms with Crippen molar-refractivity contribution in [3.05, 3.63) is 108 Å². The highest BCUT2D eigenvalue weighted by Crippen LogP contribution is 2.35. The first-order valence-electron chi connectivity index (χ1n) is 12.6. The number of nitrogens with zero attached hydrogens (tertiary/aromatic N) is 2. The van der Waals surface area contributed by atoms with E-state index in [-0.39, 0.29) is 17.6 Å². The number of ether oxygens (including phenoxy) is 1. The van der Waals surface area contributed by atoms with Crippen LogP contribution in [0.15, 0.2) is 85.1 Å². The van der Waals surface area contributed by atoms with Crippen LogP contribution in [0, 0.1) is 5.82 Å². The minimum absolute atomic E-state index is 0.0486. The molecule has 1 atom stereocenters. The normalized spacial score (nSPS) is 15.1. The maximum Gasteiger partial charge on any atom is 0.220 e. The molecule has 1 aliphatic heterocycles. The van der Waals surface area contributed by atoms with Gasteiger partial charge in [-0.15, -0.1) is 0 Å². The molecule has 1 aliphatic rings. The van der Waals surface area contributed by atoms with Gasteiger partial charge in [0, 0.05) is 62.2 Å². The smallest absolute Gasteiger partial charge is 0.220 e. The number of benzene rings is 3. The van der Waals surface area contributed by atoms with Gasteiger partial charge in [0.25, 0.3) is 0 Å². The summed E-state index contributed by atoms with van der Waals surface area (Å²) < 4.78 is 21.0. The van der Waals surface area contributed by atoms with Gasteiger partial charge in [-0.3, -0.25) is 9.69 Å². The van der Waals surface area contributed by atoms with Gasteiger partial charge in [-0.1, -0.05) is 60.7 Å². The van der Waals surface area contributed by atoms with Gasteiger partial charge in [0.2, 0.25) is 5.91 Å². The molecule has 0 radical (unpaired) electrons. The summed E-state index contributed by atoms with van der Waals surface area (Å²) in [6, 6.07) is 25.2. The van der Waals surface area contributed by atoms with E-state index >= 15 is 0 Å². The van der Waals surface area contributed by atoms with E-state index in [2.05, 4.69) is 45.2 Å². The zero-order chi connectivity index (χ0) is 24.7. The molecule has 1 amide bonds. The molecule has 0 bridgehead atoms. The fourth-order valence-corrected chi connectivity index (χ4v) is 5.00. The van der Waals surface area contributed by atoms with Crippen molar-refractivity contribution < 1.29 is 13.9 Å². The molecule has 0 aliphatic carbocycles. The van der Waals surface area contributed by atoms with Gasteiger partial charge in [0.05, 0.1) is 13.2 Å². The lowest BCUT2D eigenvalue weighted by atomic mass is 9.88. The van der Waals surface area contributed by atoms with Crippen LogP contribution in [-0.4, -0.2) is 54.8 Å². The van der Waals surface area contributed by atoms with Crippen LogP contribution in [0.25, 0.3) is 10.9 Å². The van der Waals surface area contributed by atoms with Gasteiger partial charge in [0.15, 0.2) is 0 Å². The number of nitrogens with one attached hydrogen (secondary N) is 1. The molecule has 4 aromatic rings. The van der Waals surface area contributed by atoms with Gasteiger partial charge in [-0.05, 0) is 34.9 Å². The molecule has 5 rings (SSSR count). The van der Waals surface area contributed by atoms with Crippen molar-refractivity contribution in [3.63, 3.8) is 0 Å². The Morgan fingerprint density at radius 3 is 2.44 bits per heavy atom. The van der Waals surface area contributed by atoms with Crippen LogP contribution < -0.4 is 5.32 Å². The average Bonchev–Trinajstić information content (AvgIpc) is 3.28. The Balaban J connectivity index is 1.39. The highest BCUT2D eigenvalue weighted by Gasteiger charge is 2.23. The molecular weight excluding hydrogens is 453 g/mol. The number of hydrogen-bond acceptors (Lipinski definition) is 3. The molecule has 1 saturated heterocycles. The number of morpholine rings is 1. The van der Waals surface area contributed by atoms with Crippen molar-refractivity contribution in [2.75, 3.05) is 39.4 Å². The molecule has 1 aromatic heterocycles. The SMILES string of the molecule is O=C(CC(c1ccccc1)c1cn(Cc2ccc(F)cc2)c2ccccc12)NCCN1CCOCC1. The van der Waals surface area contributed by atoms with Gasteiger partial charge in [-0.25, -0.2) is 4.39 Å². The van der Waals surface area contributed by atoms with Gasteiger partial charge < -0.3 is 14.6 Å². The van der Waals surface area contributed by atoms with E-state index in [0.29, 0.717) is 19.5 Å². The van der Waals surface area contributed by atoms with Crippen LogP contribution >= 0.6 is 0 Å². The Morgan fingerprint density at radius 1 is 0.944 bits per heavy atom. The number of carbonyl (C=O) groups is 1. The summed E-state index contributed by atoms with van der Waals surface area (Å²) >= 11 is 0. The van der Waals surface area contributed by atoms with E-state index in [4.69, 9.17) is 4.74 Å². The third-order valence-electron chi connectivity index (χ3n) is 6.91. The molecule has 186 valence electrons. The number of fused-ring (bicyclic) bond motifs is 1. The number of halogens is 1. The van der Waals surface area contributed by atoms with Gasteiger partial charge in [0.1, 0.15) is 5.82 Å². The first kappa shape index (κ1) is 24.2. The van der Waals surface area contributed by atoms with Crippen molar-refractivity contribution in [2.45, 2.75) is 18.9 Å². The van der Waals surface area contributed by atoms with Crippen LogP contribution in [0.5, 0.6) is 0 Å². The van der Waals surface area contributed by atoms with E-state index in [1.807, 2.05) is 42.5 Å². The molecule has 5 nitrogen and oxygen atoms in total. The third kappa shape index (κ3) is 5.83. The van der Waals surface area contributed by atoms with E-state index in [0.717, 1.165) is 60.4 Å². The Bertz CT molecular complexity index is 1280. The van der Waals surface area contributed by atoms with Crippen molar-refractivity contribution >= 4 is 16.8 Å². The van der Waals surface area contributed by atoms with Crippen molar-refractivity contribution in [1.82, 2.24) is 14.8 Å². The number of amides is 1. The second kappa shape index (κ2) is 11.5. The standard InChI is InChI=1S/C30H32FN3O2/c31-25-12-10-23(11-13-25)21-34-22-28(26-8-4-5-9-29(26)34)27(24-6-2-1-3-7-24)20-30(35)32-14-15-33-16-18-36-19-17-33/h1-13,22,27H,14-21H2,(H,32,35). The predicted molar refractivity (Wildman–Crippen MR) is 141 cm³/mol. The Kier molecular flexibility index (Phi) is 7.74. The van der Waals surface area contributed by atoms with E-state index in [9.17, 15) is 9.18 Å². The molecular formula is C30H32FN3O2. The van der Waals surface area contributed by atoms with Crippen LogP contribution in [-0.2, 0) is 16.1 Å². The quantitative estimate of drug-likeness (QED) is 0.371. The first-order chi connectivity index (χ1) is 17.7. The highest BCUT2D eigenvalue weighted by atomic mass is 19.1. The molecule has 36 heavy (non-hydrogen) atoms. The minimum Gasteiger partial charge on any atom is -0.379 e. The zero-order valence-electron chi connectivity index (χ0n) is 20.4. The summed E-state index contributed by atoms with van der Waals surface area (Å²) in [5.41, 5.74) is 4.37. The number of para-hydroxylation sites is 1. The van der Waals surface area contributed by atoms with Crippen molar-refractivity contribution in [2.24, 2.45) is 0 Å². The largest absolute Gasteiger partial charge is 0.379 e. The Labute approximate surface area is 211 Å². The fourth-order valence-electron chi connectivity index (χ4n) is 5.00. The number of aromatic nitrogens is 1. The lowest BCUT2D eigenvalue weighted by molar-refractivity contribution is -0.121. The average molecular weight is 486 g/mol. The van der Waals surface area contributed by atoms with E-state index < -0.39 is 0 Å². The maximum absolute atomic E-state index is 13.4. The number of rotatable bonds is 9. The molecule has 6 heteroatoms. The van der Waals surface area contributed by atoms with E-state index in [1.165, 1.54) is 12.1 Å². The highest BCUT2D eigenvalue weighted by molar-refractivity contribution is 5.86. The van der Waals surface area contributed by atoms with E-state index in [1.54, 1.807) is 0 Å². The summed E-state index contributed by atoms with van der Waals surface area (Å²) in [6.45, 7) is 5.44. The first-order valence-corrected chi connectivity index (χ1v) is 12.6. The summed E-state index contributed by atoms with van der Waals surface area (Å²) in [6.07, 6.45) is 2.53. The monoisotopic (exact) mass is 485 g/mol. The molecule has 3 aromatic carbocycles. The molecule has 1 N–H and O–H groups in total. The summed E-state index contributed by atoms with van der Waals surface area (Å²) in [5.74, 6) is -0.262. The Hall–Kier alpha value is -3.48. The Morgan fingerprint density at radius 2 is 1.67 bits per heavy atom. The molecule has 0 spiro atoms. The van der Waals surface area contributed by atoms with Gasteiger partial charge >= 0.3 is 0 Å². The third-order valence-corrected chi connectivity index (χ3v) is 6.91. The molecule has 2 heterocycles. The summed E-state index contributed by atoms with van der Waals surface area (Å²) in [7, 11) is 0.